The van der Waals surface area contributed by atoms with Crippen LogP contribution in [0.25, 0.3) is 11.0 Å². The van der Waals surface area contributed by atoms with E-state index in [1.54, 1.807) is 18.2 Å². The van der Waals surface area contributed by atoms with E-state index >= 15 is 0 Å². The lowest BCUT2D eigenvalue weighted by Gasteiger charge is -2.18. The van der Waals surface area contributed by atoms with Gasteiger partial charge in [0.2, 0.25) is 5.91 Å². The van der Waals surface area contributed by atoms with Crippen molar-refractivity contribution in [2.45, 2.75) is 12.3 Å². The van der Waals surface area contributed by atoms with Crippen molar-refractivity contribution in [3.05, 3.63) is 58.6 Å². The van der Waals surface area contributed by atoms with Gasteiger partial charge in [-0.05, 0) is 40.2 Å². The zero-order valence-corrected chi connectivity index (χ0v) is 14.6. The molecule has 24 heavy (non-hydrogen) atoms. The van der Waals surface area contributed by atoms with E-state index in [2.05, 4.69) is 20.9 Å². The molecule has 0 N–H and O–H groups in total. The first-order valence-electron chi connectivity index (χ1n) is 7.72. The summed E-state index contributed by atoms with van der Waals surface area (Å²) in [6.45, 7) is 0.434. The molecule has 1 aliphatic rings. The van der Waals surface area contributed by atoms with Gasteiger partial charge >= 0.3 is 0 Å². The SMILES string of the molecule is Cn1c(C2CC(=O)N(c3cccc(Br)c3F)C2)nc2ccccc21. The number of benzene rings is 2. The first kappa shape index (κ1) is 15.3. The molecule has 6 heteroatoms. The molecule has 122 valence electrons. The molecule has 0 spiro atoms. The van der Waals surface area contributed by atoms with E-state index in [4.69, 9.17) is 0 Å². The van der Waals surface area contributed by atoms with E-state index in [1.807, 2.05) is 35.9 Å². The monoisotopic (exact) mass is 387 g/mol. The Morgan fingerprint density at radius 3 is 2.79 bits per heavy atom. The van der Waals surface area contributed by atoms with Gasteiger partial charge in [-0.2, -0.15) is 0 Å². The summed E-state index contributed by atoms with van der Waals surface area (Å²) in [5.74, 6) is 0.330. The van der Waals surface area contributed by atoms with Crippen LogP contribution >= 0.6 is 15.9 Å². The summed E-state index contributed by atoms with van der Waals surface area (Å²) >= 11 is 3.18. The third-order valence-electron chi connectivity index (χ3n) is 4.53. The molecular weight excluding hydrogens is 373 g/mol. The number of imidazole rings is 1. The van der Waals surface area contributed by atoms with Crippen LogP contribution < -0.4 is 4.90 Å². The standard InChI is InChI=1S/C18H15BrFN3O/c1-22-14-7-3-2-6-13(14)21-18(22)11-9-16(24)23(10-11)15-8-4-5-12(19)17(15)20/h2-8,11H,9-10H2,1H3. The molecule has 3 aromatic rings. The second kappa shape index (κ2) is 5.70. The maximum Gasteiger partial charge on any atom is 0.227 e. The van der Waals surface area contributed by atoms with Crippen molar-refractivity contribution >= 4 is 38.6 Å². The summed E-state index contributed by atoms with van der Waals surface area (Å²) < 4.78 is 16.7. The lowest BCUT2D eigenvalue weighted by Crippen LogP contribution is -2.25. The number of hydrogen-bond acceptors (Lipinski definition) is 2. The average molecular weight is 388 g/mol. The number of fused-ring (bicyclic) bond motifs is 1. The normalized spacial score (nSPS) is 17.9. The lowest BCUT2D eigenvalue weighted by molar-refractivity contribution is -0.117. The minimum Gasteiger partial charge on any atom is -0.331 e. The molecule has 1 atom stereocenters. The largest absolute Gasteiger partial charge is 0.331 e. The Morgan fingerprint density at radius 1 is 1.21 bits per heavy atom. The first-order chi connectivity index (χ1) is 11.6. The van der Waals surface area contributed by atoms with Crippen molar-refractivity contribution in [1.29, 1.82) is 0 Å². The maximum absolute atomic E-state index is 14.3. The highest BCUT2D eigenvalue weighted by Crippen LogP contribution is 2.35. The number of anilines is 1. The van der Waals surface area contributed by atoms with Crippen LogP contribution in [0.5, 0.6) is 0 Å². The molecule has 1 unspecified atom stereocenters. The van der Waals surface area contributed by atoms with Gasteiger partial charge in [-0.1, -0.05) is 18.2 Å². The zero-order chi connectivity index (χ0) is 16.8. The second-order valence-corrected chi connectivity index (χ2v) is 6.85. The molecule has 0 radical (unpaired) electrons. The number of halogens is 2. The van der Waals surface area contributed by atoms with Crippen molar-refractivity contribution in [3.63, 3.8) is 0 Å². The number of aromatic nitrogens is 2. The molecule has 2 aromatic carbocycles. The van der Waals surface area contributed by atoms with E-state index in [0.29, 0.717) is 23.1 Å². The minimum absolute atomic E-state index is 0.0479. The van der Waals surface area contributed by atoms with Crippen molar-refractivity contribution in [2.24, 2.45) is 7.05 Å². The third-order valence-corrected chi connectivity index (χ3v) is 5.15. The topological polar surface area (TPSA) is 38.1 Å². The predicted octanol–water partition coefficient (Wildman–Crippen LogP) is 4.00. The number of carbonyl (C=O) groups excluding carboxylic acids is 1. The lowest BCUT2D eigenvalue weighted by atomic mass is 10.1. The van der Waals surface area contributed by atoms with E-state index in [-0.39, 0.29) is 11.8 Å². The average Bonchev–Trinajstić information content (AvgIpc) is 3.11. The van der Waals surface area contributed by atoms with Gasteiger partial charge in [-0.15, -0.1) is 0 Å². The summed E-state index contributed by atoms with van der Waals surface area (Å²) in [7, 11) is 1.96. The first-order valence-corrected chi connectivity index (χ1v) is 8.51. The van der Waals surface area contributed by atoms with Crippen LogP contribution in [0.3, 0.4) is 0 Å². The molecule has 1 aromatic heterocycles. The van der Waals surface area contributed by atoms with E-state index in [1.165, 1.54) is 4.90 Å². The molecule has 1 fully saturated rings. The van der Waals surface area contributed by atoms with Gasteiger partial charge in [0.05, 0.1) is 21.2 Å². The van der Waals surface area contributed by atoms with E-state index < -0.39 is 5.82 Å². The van der Waals surface area contributed by atoms with Gasteiger partial charge < -0.3 is 9.47 Å². The highest BCUT2D eigenvalue weighted by molar-refractivity contribution is 9.10. The predicted molar refractivity (Wildman–Crippen MR) is 94.5 cm³/mol. The summed E-state index contributed by atoms with van der Waals surface area (Å²) in [5.41, 5.74) is 2.26. The Balaban J connectivity index is 1.71. The highest BCUT2D eigenvalue weighted by atomic mass is 79.9. The maximum atomic E-state index is 14.3. The van der Waals surface area contributed by atoms with Crippen molar-refractivity contribution < 1.29 is 9.18 Å². The van der Waals surface area contributed by atoms with Gasteiger partial charge in [-0.25, -0.2) is 9.37 Å². The van der Waals surface area contributed by atoms with Gasteiger partial charge in [0.1, 0.15) is 5.82 Å². The van der Waals surface area contributed by atoms with Crippen molar-refractivity contribution in [3.8, 4) is 0 Å². The zero-order valence-electron chi connectivity index (χ0n) is 13.0. The van der Waals surface area contributed by atoms with Crippen LogP contribution in [-0.4, -0.2) is 22.0 Å². The molecule has 4 rings (SSSR count). The summed E-state index contributed by atoms with van der Waals surface area (Å²) in [5, 5.41) is 0. The van der Waals surface area contributed by atoms with E-state index in [0.717, 1.165) is 16.9 Å². The molecule has 1 amide bonds. The van der Waals surface area contributed by atoms with Gasteiger partial charge in [0, 0.05) is 25.9 Å². The number of carbonyl (C=O) groups is 1. The van der Waals surface area contributed by atoms with E-state index in [9.17, 15) is 9.18 Å². The fourth-order valence-corrected chi connectivity index (χ4v) is 3.70. The van der Waals surface area contributed by atoms with Gasteiger partial charge in [-0.3, -0.25) is 4.79 Å². The third kappa shape index (κ3) is 2.33. The summed E-state index contributed by atoms with van der Waals surface area (Å²) in [4.78, 5) is 18.7. The molecular formula is C18H15BrFN3O. The Labute approximate surface area is 147 Å². The smallest absolute Gasteiger partial charge is 0.227 e. The number of amides is 1. The van der Waals surface area contributed by atoms with Crippen molar-refractivity contribution in [1.82, 2.24) is 9.55 Å². The number of hydrogen-bond donors (Lipinski definition) is 0. The van der Waals surface area contributed by atoms with Crippen LogP contribution in [0.2, 0.25) is 0 Å². The van der Waals surface area contributed by atoms with Crippen molar-refractivity contribution in [2.75, 3.05) is 11.4 Å². The van der Waals surface area contributed by atoms with Crippen LogP contribution in [0, 0.1) is 5.82 Å². The van der Waals surface area contributed by atoms with Crippen LogP contribution in [0.1, 0.15) is 18.2 Å². The number of nitrogens with zero attached hydrogens (tertiary/aromatic N) is 3. The fraction of sp³-hybridized carbons (Fsp3) is 0.222. The van der Waals surface area contributed by atoms with Gasteiger partial charge in [0.25, 0.3) is 0 Å². The minimum atomic E-state index is -0.406. The van der Waals surface area contributed by atoms with Crippen LogP contribution in [0.15, 0.2) is 46.9 Å². The van der Waals surface area contributed by atoms with Crippen LogP contribution in [0.4, 0.5) is 10.1 Å². The molecule has 1 aliphatic heterocycles. The molecule has 0 aliphatic carbocycles. The Bertz CT molecular complexity index is 953. The number of rotatable bonds is 2. The molecule has 0 bridgehead atoms. The van der Waals surface area contributed by atoms with Gasteiger partial charge in [0.15, 0.2) is 5.82 Å². The summed E-state index contributed by atoms with van der Waals surface area (Å²) in [6, 6.07) is 12.9. The number of para-hydroxylation sites is 2. The quantitative estimate of drug-likeness (QED) is 0.666. The molecule has 1 saturated heterocycles. The Hall–Kier alpha value is -2.21. The summed E-state index contributed by atoms with van der Waals surface area (Å²) in [6.07, 6.45) is 0.336. The molecule has 2 heterocycles. The number of aryl methyl sites for hydroxylation is 1. The van der Waals surface area contributed by atoms with Crippen LogP contribution in [-0.2, 0) is 11.8 Å². The second-order valence-electron chi connectivity index (χ2n) is 6.00. The molecule has 4 nitrogen and oxygen atoms in total. The Morgan fingerprint density at radius 2 is 2.00 bits per heavy atom. The fourth-order valence-electron chi connectivity index (χ4n) is 3.34. The Kier molecular flexibility index (Phi) is 3.64. The highest BCUT2D eigenvalue weighted by Gasteiger charge is 2.35. The molecule has 0 saturated carbocycles.